The van der Waals surface area contributed by atoms with Gasteiger partial charge in [-0.05, 0) is 68.5 Å². The number of benzene rings is 2. The lowest BCUT2D eigenvalue weighted by atomic mass is 9.97. The normalized spacial score (nSPS) is 20.8. The molecule has 0 saturated carbocycles. The topological polar surface area (TPSA) is 47.1 Å². The van der Waals surface area contributed by atoms with Crippen molar-refractivity contribution in [2.24, 2.45) is 0 Å². The van der Waals surface area contributed by atoms with E-state index in [1.165, 1.54) is 16.8 Å². The highest BCUT2D eigenvalue weighted by atomic mass is 16.2. The lowest BCUT2D eigenvalue weighted by Crippen LogP contribution is -2.56. The quantitative estimate of drug-likeness (QED) is 0.727. The van der Waals surface area contributed by atoms with Crippen LogP contribution >= 0.6 is 0 Å². The number of aryl methyl sites for hydroxylation is 1. The molecule has 0 N–H and O–H groups in total. The Balaban J connectivity index is 1.32. The molecule has 0 radical (unpaired) electrons. The molecule has 1 atom stereocenters. The molecule has 0 spiro atoms. The highest BCUT2D eigenvalue weighted by Crippen LogP contribution is 2.35. The predicted octanol–water partition coefficient (Wildman–Crippen LogP) is 3.67. The summed E-state index contributed by atoms with van der Waals surface area (Å²) in [5.41, 5.74) is 6.15. The van der Waals surface area contributed by atoms with Crippen LogP contribution in [0.2, 0.25) is 0 Å². The Labute approximate surface area is 190 Å². The van der Waals surface area contributed by atoms with E-state index in [2.05, 4.69) is 41.8 Å². The van der Waals surface area contributed by atoms with E-state index in [1.807, 2.05) is 35.0 Å². The molecule has 2 amide bonds. The Morgan fingerprint density at radius 1 is 0.938 bits per heavy atom. The first-order valence-electron chi connectivity index (χ1n) is 11.7. The Kier molecular flexibility index (Phi) is 5.31. The van der Waals surface area contributed by atoms with Gasteiger partial charge >= 0.3 is 0 Å². The number of hydrogen-bond donors (Lipinski definition) is 0. The average molecular weight is 433 g/mol. The van der Waals surface area contributed by atoms with Crippen LogP contribution in [0, 0.1) is 13.8 Å². The Morgan fingerprint density at radius 2 is 1.72 bits per heavy atom. The number of anilines is 2. The standard InChI is InChI=1S/C26H32N4O2/c1-18-7-6-8-22(19(18)2)28-13-15-29(16-14-28)25(31)20-10-11-21-23(17-20)27(3)24-9-4-5-12-30(24)26(21)32/h6-8,10-11,17,24H,4-5,9,12-16H2,1-3H3/t24-/m1/s1. The summed E-state index contributed by atoms with van der Waals surface area (Å²) >= 11 is 0. The number of hydrogen-bond acceptors (Lipinski definition) is 4. The van der Waals surface area contributed by atoms with Gasteiger partial charge in [0.2, 0.25) is 0 Å². The zero-order valence-electron chi connectivity index (χ0n) is 19.3. The van der Waals surface area contributed by atoms with Gasteiger partial charge in [0.15, 0.2) is 0 Å². The number of piperazine rings is 1. The predicted molar refractivity (Wildman–Crippen MR) is 128 cm³/mol. The molecule has 0 bridgehead atoms. The van der Waals surface area contributed by atoms with Crippen molar-refractivity contribution in [1.82, 2.24) is 9.80 Å². The fourth-order valence-electron chi connectivity index (χ4n) is 5.42. The third kappa shape index (κ3) is 3.42. The van der Waals surface area contributed by atoms with E-state index < -0.39 is 0 Å². The maximum absolute atomic E-state index is 13.3. The largest absolute Gasteiger partial charge is 0.368 e. The zero-order chi connectivity index (χ0) is 22.4. The molecule has 3 aliphatic rings. The summed E-state index contributed by atoms with van der Waals surface area (Å²) in [6.07, 6.45) is 3.29. The van der Waals surface area contributed by atoms with Crippen LogP contribution in [0.1, 0.15) is 51.1 Å². The van der Waals surface area contributed by atoms with Gasteiger partial charge in [0.1, 0.15) is 6.17 Å². The van der Waals surface area contributed by atoms with Gasteiger partial charge in [0.05, 0.1) is 11.3 Å². The van der Waals surface area contributed by atoms with Crippen LogP contribution in [0.3, 0.4) is 0 Å². The van der Waals surface area contributed by atoms with Gasteiger partial charge in [-0.25, -0.2) is 0 Å². The van der Waals surface area contributed by atoms with Crippen molar-refractivity contribution in [3.63, 3.8) is 0 Å². The van der Waals surface area contributed by atoms with Crippen molar-refractivity contribution >= 4 is 23.2 Å². The number of piperidine rings is 1. The molecule has 0 unspecified atom stereocenters. The minimum absolute atomic E-state index is 0.0559. The lowest BCUT2D eigenvalue weighted by molar-refractivity contribution is 0.0588. The number of nitrogens with zero attached hydrogens (tertiary/aromatic N) is 4. The Bertz CT molecular complexity index is 1060. The third-order valence-corrected chi connectivity index (χ3v) is 7.52. The molecule has 6 heteroatoms. The first-order chi connectivity index (χ1) is 15.5. The van der Waals surface area contributed by atoms with Crippen molar-refractivity contribution in [3.05, 3.63) is 58.7 Å². The van der Waals surface area contributed by atoms with Gasteiger partial charge in [-0.3, -0.25) is 9.59 Å². The molecule has 2 saturated heterocycles. The summed E-state index contributed by atoms with van der Waals surface area (Å²) in [5.74, 6) is 0.157. The van der Waals surface area contributed by atoms with Crippen molar-refractivity contribution in [2.45, 2.75) is 39.3 Å². The lowest BCUT2D eigenvalue weighted by Gasteiger charge is -2.46. The van der Waals surface area contributed by atoms with Gasteiger partial charge in [-0.2, -0.15) is 0 Å². The SMILES string of the molecule is Cc1cccc(N2CCN(C(=O)c3ccc4c(c3)N(C)[C@H]3CCCCN3C4=O)CC2)c1C. The third-order valence-electron chi connectivity index (χ3n) is 7.52. The average Bonchev–Trinajstić information content (AvgIpc) is 2.83. The summed E-state index contributed by atoms with van der Waals surface area (Å²) in [4.78, 5) is 34.8. The molecular weight excluding hydrogens is 400 g/mol. The van der Waals surface area contributed by atoms with Crippen LogP contribution in [0.25, 0.3) is 0 Å². The second-order valence-corrected chi connectivity index (χ2v) is 9.32. The fourth-order valence-corrected chi connectivity index (χ4v) is 5.42. The number of rotatable bonds is 2. The Morgan fingerprint density at radius 3 is 2.50 bits per heavy atom. The van der Waals surface area contributed by atoms with Crippen LogP contribution in [0.15, 0.2) is 36.4 Å². The van der Waals surface area contributed by atoms with E-state index in [0.29, 0.717) is 24.2 Å². The molecule has 2 fully saturated rings. The highest BCUT2D eigenvalue weighted by molar-refractivity contribution is 6.04. The first kappa shape index (κ1) is 20.9. The molecule has 32 heavy (non-hydrogen) atoms. The van der Waals surface area contributed by atoms with E-state index in [9.17, 15) is 9.59 Å². The summed E-state index contributed by atoms with van der Waals surface area (Å²) in [7, 11) is 2.05. The number of carbonyl (C=O) groups excluding carboxylic acids is 2. The number of carbonyl (C=O) groups is 2. The van der Waals surface area contributed by atoms with E-state index in [-0.39, 0.29) is 18.0 Å². The van der Waals surface area contributed by atoms with E-state index in [0.717, 1.165) is 44.6 Å². The maximum atomic E-state index is 13.3. The van der Waals surface area contributed by atoms with Gasteiger partial charge in [-0.1, -0.05) is 12.1 Å². The molecule has 3 aliphatic heterocycles. The molecule has 2 aromatic carbocycles. The molecule has 168 valence electrons. The zero-order valence-corrected chi connectivity index (χ0v) is 19.3. The molecule has 0 aliphatic carbocycles. The summed E-state index contributed by atoms with van der Waals surface area (Å²) in [6, 6.07) is 12.0. The van der Waals surface area contributed by atoms with Crippen LogP contribution < -0.4 is 9.80 Å². The number of fused-ring (bicyclic) bond motifs is 2. The molecular formula is C26H32N4O2. The van der Waals surface area contributed by atoms with Gasteiger partial charge in [-0.15, -0.1) is 0 Å². The summed E-state index contributed by atoms with van der Waals surface area (Å²) in [6.45, 7) is 8.19. The minimum Gasteiger partial charge on any atom is -0.368 e. The molecule has 3 heterocycles. The van der Waals surface area contributed by atoms with Crippen molar-refractivity contribution in [1.29, 1.82) is 0 Å². The van der Waals surface area contributed by atoms with E-state index in [1.54, 1.807) is 0 Å². The maximum Gasteiger partial charge on any atom is 0.257 e. The molecule has 6 nitrogen and oxygen atoms in total. The van der Waals surface area contributed by atoms with Crippen molar-refractivity contribution in [2.75, 3.05) is 49.6 Å². The molecule has 5 rings (SSSR count). The van der Waals surface area contributed by atoms with Crippen molar-refractivity contribution in [3.8, 4) is 0 Å². The number of amides is 2. The van der Waals surface area contributed by atoms with Gasteiger partial charge < -0.3 is 19.6 Å². The second kappa shape index (κ2) is 8.15. The van der Waals surface area contributed by atoms with E-state index in [4.69, 9.17) is 0 Å². The van der Waals surface area contributed by atoms with E-state index >= 15 is 0 Å². The van der Waals surface area contributed by atoms with Gasteiger partial charge in [0, 0.05) is 51.0 Å². The highest BCUT2D eigenvalue weighted by Gasteiger charge is 2.37. The summed E-state index contributed by atoms with van der Waals surface area (Å²) < 4.78 is 0. The summed E-state index contributed by atoms with van der Waals surface area (Å²) in [5, 5.41) is 0. The van der Waals surface area contributed by atoms with Crippen LogP contribution in [0.5, 0.6) is 0 Å². The molecule has 2 aromatic rings. The smallest absolute Gasteiger partial charge is 0.257 e. The first-order valence-corrected chi connectivity index (χ1v) is 11.7. The monoisotopic (exact) mass is 432 g/mol. The Hall–Kier alpha value is -3.02. The molecule has 0 aromatic heterocycles. The fraction of sp³-hybridized carbons (Fsp3) is 0.462. The van der Waals surface area contributed by atoms with Crippen LogP contribution in [0.4, 0.5) is 11.4 Å². The van der Waals surface area contributed by atoms with Crippen molar-refractivity contribution < 1.29 is 9.59 Å². The minimum atomic E-state index is 0.0559. The van der Waals surface area contributed by atoms with Crippen LogP contribution in [-0.4, -0.2) is 67.6 Å². The van der Waals surface area contributed by atoms with Gasteiger partial charge in [0.25, 0.3) is 11.8 Å². The second-order valence-electron chi connectivity index (χ2n) is 9.32. The van der Waals surface area contributed by atoms with Crippen LogP contribution in [-0.2, 0) is 0 Å².